The second-order valence-electron chi connectivity index (χ2n) is 5.22. The van der Waals surface area contributed by atoms with Gasteiger partial charge in [-0.25, -0.2) is 0 Å². The summed E-state index contributed by atoms with van der Waals surface area (Å²) in [6.07, 6.45) is 2.42. The van der Waals surface area contributed by atoms with Crippen LogP contribution in [0.15, 0.2) is 30.3 Å². The smallest absolute Gasteiger partial charge is 0.229 e. The third-order valence-corrected chi connectivity index (χ3v) is 3.92. The van der Waals surface area contributed by atoms with Crippen LogP contribution in [0.1, 0.15) is 31.2 Å². The molecule has 1 aromatic rings. The van der Waals surface area contributed by atoms with Crippen molar-refractivity contribution in [1.82, 2.24) is 4.90 Å². The first-order valence-electron chi connectivity index (χ1n) is 6.66. The predicted molar refractivity (Wildman–Crippen MR) is 73.2 cm³/mol. The van der Waals surface area contributed by atoms with Gasteiger partial charge in [0.2, 0.25) is 5.91 Å². The average Bonchev–Trinajstić information content (AvgIpc) is 3.23. The number of nitrogens with two attached hydrogens (primary N) is 1. The number of carbonyl (C=O) groups is 1. The molecule has 0 radical (unpaired) electrons. The quantitative estimate of drug-likeness (QED) is 0.863. The Balaban J connectivity index is 2.06. The summed E-state index contributed by atoms with van der Waals surface area (Å²) >= 11 is 0. The maximum Gasteiger partial charge on any atom is 0.229 e. The van der Waals surface area contributed by atoms with Gasteiger partial charge in [0, 0.05) is 19.6 Å². The highest BCUT2D eigenvalue weighted by atomic mass is 16.2. The second kappa shape index (κ2) is 5.53. The third-order valence-electron chi connectivity index (χ3n) is 3.92. The number of rotatable bonds is 5. The van der Waals surface area contributed by atoms with Crippen LogP contribution >= 0.6 is 0 Å². The number of nitrogens with zero attached hydrogens (tertiary/aromatic N) is 1. The van der Waals surface area contributed by atoms with E-state index in [2.05, 4.69) is 0 Å². The lowest BCUT2D eigenvalue weighted by molar-refractivity contribution is -0.133. The summed E-state index contributed by atoms with van der Waals surface area (Å²) in [5.41, 5.74) is 6.87. The lowest BCUT2D eigenvalue weighted by Crippen LogP contribution is -2.44. The highest BCUT2D eigenvalue weighted by Gasteiger charge is 2.35. The van der Waals surface area contributed by atoms with E-state index in [1.54, 1.807) is 0 Å². The van der Waals surface area contributed by atoms with Crippen molar-refractivity contribution in [3.63, 3.8) is 0 Å². The van der Waals surface area contributed by atoms with Crippen LogP contribution in [0, 0.1) is 5.92 Å². The van der Waals surface area contributed by atoms with E-state index in [0.29, 0.717) is 12.5 Å². The Morgan fingerprint density at radius 3 is 2.50 bits per heavy atom. The lowest BCUT2D eigenvalue weighted by atomic mass is 9.98. The molecule has 3 heteroatoms. The van der Waals surface area contributed by atoms with E-state index in [1.807, 2.05) is 49.2 Å². The highest BCUT2D eigenvalue weighted by Crippen LogP contribution is 2.35. The topological polar surface area (TPSA) is 46.3 Å². The summed E-state index contributed by atoms with van der Waals surface area (Å²) in [6.45, 7) is 2.53. The Morgan fingerprint density at radius 2 is 2.00 bits per heavy atom. The Hall–Kier alpha value is -1.35. The first kappa shape index (κ1) is 13.1. The van der Waals surface area contributed by atoms with Gasteiger partial charge in [-0.1, -0.05) is 30.3 Å². The van der Waals surface area contributed by atoms with Gasteiger partial charge in [-0.15, -0.1) is 0 Å². The predicted octanol–water partition coefficient (Wildman–Crippen LogP) is 1.99. The van der Waals surface area contributed by atoms with E-state index >= 15 is 0 Å². The van der Waals surface area contributed by atoms with Crippen LogP contribution in [-0.2, 0) is 4.79 Å². The molecular formula is C15H22N2O. The van der Waals surface area contributed by atoms with Crippen molar-refractivity contribution in [1.29, 1.82) is 0 Å². The molecule has 1 aromatic carbocycles. The van der Waals surface area contributed by atoms with Gasteiger partial charge >= 0.3 is 0 Å². The lowest BCUT2D eigenvalue weighted by Gasteiger charge is -2.29. The summed E-state index contributed by atoms with van der Waals surface area (Å²) in [5, 5.41) is 0. The summed E-state index contributed by atoms with van der Waals surface area (Å²) < 4.78 is 0. The van der Waals surface area contributed by atoms with Crippen molar-refractivity contribution < 1.29 is 4.79 Å². The Kier molecular flexibility index (Phi) is 4.02. The van der Waals surface area contributed by atoms with Gasteiger partial charge in [0.25, 0.3) is 0 Å². The molecule has 0 bridgehead atoms. The maximum atomic E-state index is 12.4. The molecule has 1 saturated carbocycles. The third kappa shape index (κ3) is 2.72. The molecule has 0 aromatic heterocycles. The van der Waals surface area contributed by atoms with E-state index in [1.165, 1.54) is 12.8 Å². The Labute approximate surface area is 109 Å². The maximum absolute atomic E-state index is 12.4. The minimum absolute atomic E-state index is 0.0935. The van der Waals surface area contributed by atoms with E-state index in [-0.39, 0.29) is 17.9 Å². The minimum atomic E-state index is -0.0935. The van der Waals surface area contributed by atoms with Crippen LogP contribution in [0.25, 0.3) is 0 Å². The number of hydrogen-bond acceptors (Lipinski definition) is 2. The van der Waals surface area contributed by atoms with Gasteiger partial charge in [0.1, 0.15) is 0 Å². The number of carbonyl (C=O) groups excluding carboxylic acids is 1. The Morgan fingerprint density at radius 1 is 1.39 bits per heavy atom. The SMILES string of the molecule is CC(C(=O)N(C)C(CN)C1CC1)c1ccccc1. The van der Waals surface area contributed by atoms with Crippen molar-refractivity contribution in [2.75, 3.05) is 13.6 Å². The van der Waals surface area contributed by atoms with Crippen LogP contribution in [0.5, 0.6) is 0 Å². The van der Waals surface area contributed by atoms with Gasteiger partial charge in [-0.3, -0.25) is 4.79 Å². The van der Waals surface area contributed by atoms with Crippen LogP contribution in [0.4, 0.5) is 0 Å². The van der Waals surface area contributed by atoms with Crippen LogP contribution < -0.4 is 5.73 Å². The standard InChI is InChI=1S/C15H22N2O/c1-11(12-6-4-3-5-7-12)15(18)17(2)14(10-16)13-8-9-13/h3-7,11,13-14H,8-10,16H2,1-2H3. The molecule has 2 N–H and O–H groups in total. The monoisotopic (exact) mass is 246 g/mol. The molecule has 0 saturated heterocycles. The molecule has 18 heavy (non-hydrogen) atoms. The molecule has 1 fully saturated rings. The zero-order valence-electron chi connectivity index (χ0n) is 11.2. The minimum Gasteiger partial charge on any atom is -0.341 e. The highest BCUT2D eigenvalue weighted by molar-refractivity contribution is 5.83. The van der Waals surface area contributed by atoms with Crippen LogP contribution in [-0.4, -0.2) is 30.4 Å². The molecule has 1 aliphatic carbocycles. The number of amides is 1. The normalized spacial score (nSPS) is 18.2. The summed E-state index contributed by atoms with van der Waals surface area (Å²) in [5.74, 6) is 0.694. The molecule has 98 valence electrons. The zero-order chi connectivity index (χ0) is 13.1. The molecule has 1 aliphatic rings. The van der Waals surface area contributed by atoms with Gasteiger partial charge in [-0.2, -0.15) is 0 Å². The van der Waals surface area contributed by atoms with Crippen molar-refractivity contribution in [2.45, 2.75) is 31.7 Å². The molecule has 0 spiro atoms. The largest absolute Gasteiger partial charge is 0.341 e. The molecule has 1 amide bonds. The molecule has 2 unspecified atom stereocenters. The Bertz CT molecular complexity index is 400. The fraction of sp³-hybridized carbons (Fsp3) is 0.533. The van der Waals surface area contributed by atoms with Crippen LogP contribution in [0.2, 0.25) is 0 Å². The number of likely N-dealkylation sites (N-methyl/N-ethyl adjacent to an activating group) is 1. The van der Waals surface area contributed by atoms with Gasteiger partial charge in [0.05, 0.1) is 5.92 Å². The molecular weight excluding hydrogens is 224 g/mol. The molecule has 2 rings (SSSR count). The van der Waals surface area contributed by atoms with E-state index in [4.69, 9.17) is 5.73 Å². The number of hydrogen-bond donors (Lipinski definition) is 1. The van der Waals surface area contributed by atoms with Gasteiger partial charge < -0.3 is 10.6 Å². The molecule has 3 nitrogen and oxygen atoms in total. The zero-order valence-corrected chi connectivity index (χ0v) is 11.2. The molecule has 0 aliphatic heterocycles. The first-order chi connectivity index (χ1) is 8.65. The first-order valence-corrected chi connectivity index (χ1v) is 6.66. The van der Waals surface area contributed by atoms with Crippen molar-refractivity contribution in [3.05, 3.63) is 35.9 Å². The second-order valence-corrected chi connectivity index (χ2v) is 5.22. The van der Waals surface area contributed by atoms with Gasteiger partial charge in [-0.05, 0) is 31.2 Å². The fourth-order valence-corrected chi connectivity index (χ4v) is 2.50. The average molecular weight is 246 g/mol. The van der Waals surface area contributed by atoms with Crippen molar-refractivity contribution in [3.8, 4) is 0 Å². The van der Waals surface area contributed by atoms with Gasteiger partial charge in [0.15, 0.2) is 0 Å². The van der Waals surface area contributed by atoms with Crippen molar-refractivity contribution >= 4 is 5.91 Å². The summed E-state index contributed by atoms with van der Waals surface area (Å²) in [6, 6.07) is 10.1. The van der Waals surface area contributed by atoms with E-state index in [9.17, 15) is 4.79 Å². The van der Waals surface area contributed by atoms with E-state index in [0.717, 1.165) is 5.56 Å². The van der Waals surface area contributed by atoms with Crippen LogP contribution in [0.3, 0.4) is 0 Å². The fourth-order valence-electron chi connectivity index (χ4n) is 2.50. The molecule has 0 heterocycles. The summed E-state index contributed by atoms with van der Waals surface area (Å²) in [7, 11) is 1.89. The number of benzene rings is 1. The van der Waals surface area contributed by atoms with E-state index < -0.39 is 0 Å². The van der Waals surface area contributed by atoms with Crippen molar-refractivity contribution in [2.24, 2.45) is 11.7 Å². The summed E-state index contributed by atoms with van der Waals surface area (Å²) in [4.78, 5) is 14.3. The molecule has 2 atom stereocenters.